The van der Waals surface area contributed by atoms with Crippen molar-refractivity contribution in [1.29, 1.82) is 0 Å². The quantitative estimate of drug-likeness (QED) is 0.593. The Morgan fingerprint density at radius 1 is 1.17 bits per heavy atom. The standard InChI is InChI=1S/C18H19N5O/c1-12-8-9-15(10-13(12)2)14(3)19-21-18(24)11-23-17-7-5-4-6-16(17)20-22-23/h4-10H,11H2,1-3H3,(H,21,24)/b19-14-. The Morgan fingerprint density at radius 3 is 2.75 bits per heavy atom. The zero-order valence-electron chi connectivity index (χ0n) is 13.9. The zero-order chi connectivity index (χ0) is 17.1. The van der Waals surface area contributed by atoms with Crippen LogP contribution in [0.15, 0.2) is 47.6 Å². The molecule has 122 valence electrons. The van der Waals surface area contributed by atoms with Crippen molar-refractivity contribution >= 4 is 22.7 Å². The van der Waals surface area contributed by atoms with E-state index in [0.717, 1.165) is 22.3 Å². The highest BCUT2D eigenvalue weighted by molar-refractivity contribution is 5.99. The molecule has 0 radical (unpaired) electrons. The largest absolute Gasteiger partial charge is 0.271 e. The smallest absolute Gasteiger partial charge is 0.261 e. The van der Waals surface area contributed by atoms with Crippen molar-refractivity contribution in [3.63, 3.8) is 0 Å². The summed E-state index contributed by atoms with van der Waals surface area (Å²) >= 11 is 0. The van der Waals surface area contributed by atoms with Crippen molar-refractivity contribution in [3.8, 4) is 0 Å². The van der Waals surface area contributed by atoms with Gasteiger partial charge in [0.15, 0.2) is 0 Å². The topological polar surface area (TPSA) is 72.2 Å². The molecule has 0 unspecified atom stereocenters. The lowest BCUT2D eigenvalue weighted by atomic mass is 10.0. The molecule has 0 bridgehead atoms. The van der Waals surface area contributed by atoms with Gasteiger partial charge in [0.05, 0.1) is 11.2 Å². The van der Waals surface area contributed by atoms with E-state index in [0.29, 0.717) is 0 Å². The van der Waals surface area contributed by atoms with Crippen LogP contribution in [0.1, 0.15) is 23.6 Å². The molecule has 0 saturated heterocycles. The molecule has 3 aromatic rings. The van der Waals surface area contributed by atoms with Crippen LogP contribution < -0.4 is 5.43 Å². The van der Waals surface area contributed by atoms with Crippen molar-refractivity contribution in [1.82, 2.24) is 20.4 Å². The first-order valence-corrected chi connectivity index (χ1v) is 7.73. The minimum Gasteiger partial charge on any atom is -0.271 e. The van der Waals surface area contributed by atoms with E-state index < -0.39 is 0 Å². The third kappa shape index (κ3) is 3.32. The predicted octanol–water partition coefficient (Wildman–Crippen LogP) is 2.59. The Bertz CT molecular complexity index is 926. The Hall–Kier alpha value is -3.02. The van der Waals surface area contributed by atoms with E-state index in [2.05, 4.69) is 40.8 Å². The average Bonchev–Trinajstić information content (AvgIpc) is 2.98. The highest BCUT2D eigenvalue weighted by atomic mass is 16.2. The van der Waals surface area contributed by atoms with Gasteiger partial charge in [-0.3, -0.25) is 4.79 Å². The Morgan fingerprint density at radius 2 is 1.96 bits per heavy atom. The molecule has 0 atom stereocenters. The monoisotopic (exact) mass is 321 g/mol. The van der Waals surface area contributed by atoms with Crippen LogP contribution in [0.2, 0.25) is 0 Å². The number of aromatic nitrogens is 3. The number of hydrogen-bond acceptors (Lipinski definition) is 4. The van der Waals surface area contributed by atoms with Gasteiger partial charge in [-0.2, -0.15) is 5.10 Å². The third-order valence-electron chi connectivity index (χ3n) is 3.99. The molecule has 6 heteroatoms. The lowest BCUT2D eigenvalue weighted by Gasteiger charge is -2.06. The fourth-order valence-electron chi connectivity index (χ4n) is 2.38. The molecule has 1 aromatic heterocycles. The number of carbonyl (C=O) groups excluding carboxylic acids is 1. The summed E-state index contributed by atoms with van der Waals surface area (Å²) in [7, 11) is 0. The number of nitrogens with zero attached hydrogens (tertiary/aromatic N) is 4. The second-order valence-corrected chi connectivity index (χ2v) is 5.77. The maximum atomic E-state index is 12.1. The number of aryl methyl sites for hydroxylation is 2. The van der Waals surface area contributed by atoms with Gasteiger partial charge in [-0.1, -0.05) is 29.5 Å². The van der Waals surface area contributed by atoms with Gasteiger partial charge >= 0.3 is 0 Å². The number of fused-ring (bicyclic) bond motifs is 1. The molecule has 1 amide bonds. The van der Waals surface area contributed by atoms with Crippen molar-refractivity contribution in [3.05, 3.63) is 59.2 Å². The van der Waals surface area contributed by atoms with Gasteiger partial charge in [0, 0.05) is 0 Å². The first-order valence-electron chi connectivity index (χ1n) is 7.73. The molecule has 2 aromatic carbocycles. The summed E-state index contributed by atoms with van der Waals surface area (Å²) in [5.74, 6) is -0.242. The number of amides is 1. The number of benzene rings is 2. The number of nitrogens with one attached hydrogen (secondary N) is 1. The molecule has 1 heterocycles. The van der Waals surface area contributed by atoms with E-state index in [-0.39, 0.29) is 12.5 Å². The van der Waals surface area contributed by atoms with Crippen molar-refractivity contribution in [2.24, 2.45) is 5.10 Å². The van der Waals surface area contributed by atoms with Gasteiger partial charge < -0.3 is 0 Å². The van der Waals surface area contributed by atoms with Crippen LogP contribution in [-0.2, 0) is 11.3 Å². The van der Waals surface area contributed by atoms with Crippen molar-refractivity contribution < 1.29 is 4.79 Å². The Balaban J connectivity index is 1.69. The van der Waals surface area contributed by atoms with Crippen LogP contribution in [0.25, 0.3) is 11.0 Å². The second kappa shape index (κ2) is 6.62. The summed E-state index contributed by atoms with van der Waals surface area (Å²) in [5, 5.41) is 12.2. The lowest BCUT2D eigenvalue weighted by molar-refractivity contribution is -0.121. The van der Waals surface area contributed by atoms with E-state index in [1.807, 2.05) is 43.3 Å². The normalized spacial score (nSPS) is 11.7. The molecule has 0 aliphatic heterocycles. The van der Waals surface area contributed by atoms with Crippen LogP contribution in [0.5, 0.6) is 0 Å². The van der Waals surface area contributed by atoms with Gasteiger partial charge in [-0.15, -0.1) is 5.10 Å². The van der Waals surface area contributed by atoms with Gasteiger partial charge in [0.1, 0.15) is 12.1 Å². The summed E-state index contributed by atoms with van der Waals surface area (Å²) in [4.78, 5) is 12.1. The summed E-state index contributed by atoms with van der Waals surface area (Å²) in [6, 6.07) is 13.6. The molecule has 6 nitrogen and oxygen atoms in total. The van der Waals surface area contributed by atoms with E-state index in [4.69, 9.17) is 0 Å². The molecular weight excluding hydrogens is 302 g/mol. The molecule has 24 heavy (non-hydrogen) atoms. The number of hydrogen-bond donors (Lipinski definition) is 1. The van der Waals surface area contributed by atoms with Gasteiger partial charge in [-0.25, -0.2) is 10.1 Å². The first kappa shape index (κ1) is 15.9. The molecular formula is C18H19N5O. The number of carbonyl (C=O) groups is 1. The van der Waals surface area contributed by atoms with Crippen LogP contribution in [0.3, 0.4) is 0 Å². The fraction of sp³-hybridized carbons (Fsp3) is 0.222. The van der Waals surface area contributed by atoms with Crippen LogP contribution in [-0.4, -0.2) is 26.6 Å². The molecule has 3 rings (SSSR count). The van der Waals surface area contributed by atoms with Crippen LogP contribution >= 0.6 is 0 Å². The highest BCUT2D eigenvalue weighted by Gasteiger charge is 2.08. The minimum absolute atomic E-state index is 0.0736. The number of para-hydroxylation sites is 1. The maximum absolute atomic E-state index is 12.1. The highest BCUT2D eigenvalue weighted by Crippen LogP contribution is 2.11. The van der Waals surface area contributed by atoms with E-state index >= 15 is 0 Å². The van der Waals surface area contributed by atoms with Gasteiger partial charge in [-0.05, 0) is 55.7 Å². The SMILES string of the molecule is C/C(=N/NC(=O)Cn1nnc2ccccc21)c1ccc(C)c(C)c1. The summed E-state index contributed by atoms with van der Waals surface area (Å²) in [6.07, 6.45) is 0. The van der Waals surface area contributed by atoms with Crippen LogP contribution in [0.4, 0.5) is 0 Å². The molecule has 1 N–H and O–H groups in total. The Kier molecular flexibility index (Phi) is 4.37. The zero-order valence-corrected chi connectivity index (χ0v) is 13.9. The second-order valence-electron chi connectivity index (χ2n) is 5.77. The fourth-order valence-corrected chi connectivity index (χ4v) is 2.38. The maximum Gasteiger partial charge on any atom is 0.261 e. The number of hydrazone groups is 1. The first-order chi connectivity index (χ1) is 11.5. The summed E-state index contributed by atoms with van der Waals surface area (Å²) in [5.41, 5.74) is 8.34. The van der Waals surface area contributed by atoms with E-state index in [1.165, 1.54) is 11.1 Å². The van der Waals surface area contributed by atoms with E-state index in [1.54, 1.807) is 4.68 Å². The third-order valence-corrected chi connectivity index (χ3v) is 3.99. The molecule has 0 aliphatic rings. The summed E-state index contributed by atoms with van der Waals surface area (Å²) in [6.45, 7) is 6.07. The Labute approximate surface area is 140 Å². The van der Waals surface area contributed by atoms with Gasteiger partial charge in [0.2, 0.25) is 0 Å². The van der Waals surface area contributed by atoms with E-state index in [9.17, 15) is 4.79 Å². The molecule has 0 aliphatic carbocycles. The molecule has 0 spiro atoms. The van der Waals surface area contributed by atoms with Crippen molar-refractivity contribution in [2.75, 3.05) is 0 Å². The predicted molar refractivity (Wildman–Crippen MR) is 93.8 cm³/mol. The van der Waals surface area contributed by atoms with Crippen LogP contribution in [0, 0.1) is 13.8 Å². The van der Waals surface area contributed by atoms with Gasteiger partial charge in [0.25, 0.3) is 5.91 Å². The lowest BCUT2D eigenvalue weighted by Crippen LogP contribution is -2.24. The minimum atomic E-state index is -0.242. The number of rotatable bonds is 4. The molecule has 0 fully saturated rings. The molecule has 0 saturated carbocycles. The summed E-state index contributed by atoms with van der Waals surface area (Å²) < 4.78 is 1.56. The van der Waals surface area contributed by atoms with Crippen molar-refractivity contribution in [2.45, 2.75) is 27.3 Å². The average molecular weight is 321 g/mol.